The summed E-state index contributed by atoms with van der Waals surface area (Å²) in [7, 11) is 0. The van der Waals surface area contributed by atoms with Crippen LogP contribution in [0.2, 0.25) is 0 Å². The number of morpholine rings is 1. The van der Waals surface area contributed by atoms with Gasteiger partial charge in [0.15, 0.2) is 0 Å². The second kappa shape index (κ2) is 10.4. The van der Waals surface area contributed by atoms with Gasteiger partial charge in [-0.05, 0) is 53.4 Å². The molecule has 2 amide bonds. The van der Waals surface area contributed by atoms with Gasteiger partial charge >= 0.3 is 5.97 Å². The van der Waals surface area contributed by atoms with Gasteiger partial charge in [0.2, 0.25) is 11.8 Å². The van der Waals surface area contributed by atoms with Crippen LogP contribution in [0.15, 0.2) is 71.7 Å². The lowest BCUT2D eigenvalue weighted by molar-refractivity contribution is -0.120. The average molecular weight is 525 g/mol. The first kappa shape index (κ1) is 25.0. The maximum Gasteiger partial charge on any atom is 0.335 e. The molecule has 9 nitrogen and oxygen atoms in total. The second-order valence-electron chi connectivity index (χ2n) is 9.89. The summed E-state index contributed by atoms with van der Waals surface area (Å²) in [6.07, 6.45) is 0.735. The van der Waals surface area contributed by atoms with Crippen LogP contribution in [0, 0.1) is 0 Å². The Kier molecular flexibility index (Phi) is 6.68. The molecule has 1 atom stereocenters. The number of fused-ring (bicyclic) bond motifs is 2. The smallest absolute Gasteiger partial charge is 0.335 e. The number of hydrogen-bond donors (Lipinski definition) is 2. The number of aliphatic imine (C=N–C) groups is 1. The molecule has 198 valence electrons. The quantitative estimate of drug-likeness (QED) is 0.478. The highest BCUT2D eigenvalue weighted by molar-refractivity contribution is 6.24. The van der Waals surface area contributed by atoms with Crippen LogP contribution in [0.4, 0.5) is 17.1 Å². The lowest BCUT2D eigenvalue weighted by Crippen LogP contribution is -2.44. The largest absolute Gasteiger partial charge is 0.478 e. The Morgan fingerprint density at radius 3 is 2.54 bits per heavy atom. The molecule has 3 heterocycles. The van der Waals surface area contributed by atoms with Crippen LogP contribution in [0.25, 0.3) is 0 Å². The maximum atomic E-state index is 13.2. The number of nitrogens with zero attached hydrogens (tertiary/aromatic N) is 3. The molecule has 9 heteroatoms. The van der Waals surface area contributed by atoms with Crippen molar-refractivity contribution < 1.29 is 24.2 Å². The predicted octanol–water partition coefficient (Wildman–Crippen LogP) is 3.46. The van der Waals surface area contributed by atoms with Gasteiger partial charge in [0.1, 0.15) is 5.92 Å². The number of carbonyl (C=O) groups is 3. The molecule has 1 fully saturated rings. The fourth-order valence-corrected chi connectivity index (χ4v) is 5.46. The minimum absolute atomic E-state index is 0.0804. The number of nitrogens with one attached hydrogen (secondary N) is 1. The zero-order valence-electron chi connectivity index (χ0n) is 21.3. The Hall–Kier alpha value is -4.34. The zero-order chi connectivity index (χ0) is 26.9. The monoisotopic (exact) mass is 524 g/mol. The van der Waals surface area contributed by atoms with Gasteiger partial charge < -0.3 is 20.1 Å². The summed E-state index contributed by atoms with van der Waals surface area (Å²) in [5, 5.41) is 12.2. The van der Waals surface area contributed by atoms with Gasteiger partial charge in [-0.25, -0.2) is 4.79 Å². The normalized spacial score (nSPS) is 19.0. The Bertz CT molecular complexity index is 1480. The third-order valence-corrected chi connectivity index (χ3v) is 7.45. The number of benzene rings is 3. The highest BCUT2D eigenvalue weighted by Gasteiger charge is 2.36. The zero-order valence-corrected chi connectivity index (χ0v) is 21.3. The van der Waals surface area contributed by atoms with Gasteiger partial charge in [0, 0.05) is 31.0 Å². The molecular formula is C30H28N4O5. The summed E-state index contributed by atoms with van der Waals surface area (Å²) in [4.78, 5) is 46.6. The summed E-state index contributed by atoms with van der Waals surface area (Å²) < 4.78 is 5.39. The fraction of sp³-hybridized carbons (Fsp3) is 0.267. The number of carbonyl (C=O) groups excluding carboxylic acids is 2. The van der Waals surface area contributed by atoms with E-state index in [0.29, 0.717) is 49.0 Å². The van der Waals surface area contributed by atoms with Gasteiger partial charge in [0.05, 0.1) is 36.7 Å². The molecule has 3 aliphatic heterocycles. The van der Waals surface area contributed by atoms with Crippen molar-refractivity contribution in [1.82, 2.24) is 4.90 Å². The molecule has 39 heavy (non-hydrogen) atoms. The Morgan fingerprint density at radius 1 is 0.974 bits per heavy atom. The van der Waals surface area contributed by atoms with E-state index in [1.165, 1.54) is 12.1 Å². The van der Waals surface area contributed by atoms with Crippen LogP contribution in [0.1, 0.15) is 33.0 Å². The topological polar surface area (TPSA) is 112 Å². The number of rotatable bonds is 6. The summed E-state index contributed by atoms with van der Waals surface area (Å²) in [5.41, 5.74) is 5.30. The number of carboxylic acids is 1. The van der Waals surface area contributed by atoms with Crippen LogP contribution in [0.3, 0.4) is 0 Å². The van der Waals surface area contributed by atoms with E-state index >= 15 is 0 Å². The van der Waals surface area contributed by atoms with Crippen LogP contribution in [0.5, 0.6) is 0 Å². The Labute approximate surface area is 225 Å². The third-order valence-electron chi connectivity index (χ3n) is 7.45. The van der Waals surface area contributed by atoms with E-state index in [1.807, 2.05) is 53.4 Å². The number of ether oxygens (including phenoxy) is 1. The minimum Gasteiger partial charge on any atom is -0.478 e. The molecule has 1 saturated heterocycles. The Morgan fingerprint density at radius 2 is 1.77 bits per heavy atom. The fourth-order valence-electron chi connectivity index (χ4n) is 5.46. The molecule has 1 unspecified atom stereocenters. The molecule has 0 saturated carbocycles. The molecule has 0 spiro atoms. The molecule has 3 aromatic carbocycles. The predicted molar refractivity (Wildman–Crippen MR) is 147 cm³/mol. The van der Waals surface area contributed by atoms with Gasteiger partial charge in [-0.3, -0.25) is 19.5 Å². The minimum atomic E-state index is -1.05. The van der Waals surface area contributed by atoms with Crippen molar-refractivity contribution in [1.29, 1.82) is 0 Å². The van der Waals surface area contributed by atoms with Crippen LogP contribution >= 0.6 is 0 Å². The van der Waals surface area contributed by atoms with Crippen molar-refractivity contribution in [3.8, 4) is 0 Å². The molecule has 6 rings (SSSR count). The van der Waals surface area contributed by atoms with E-state index in [2.05, 4.69) is 10.2 Å². The van der Waals surface area contributed by atoms with Crippen LogP contribution in [-0.2, 0) is 20.7 Å². The molecule has 0 aromatic heterocycles. The average Bonchev–Trinajstić information content (AvgIpc) is 3.52. The standard InChI is InChI=1S/C30H28N4O5/c35-26(18-33-12-14-39-15-13-33)34-11-10-20-16-22(7-9-25(20)34)31-28(19-4-2-1-3-5-19)27-23-8-6-21(30(37)38)17-24(23)32-29(27)36/h1-9,16-17,27H,10-15,18H2,(H,32,36)(H,37,38). The van der Waals surface area contributed by atoms with E-state index < -0.39 is 11.9 Å². The summed E-state index contributed by atoms with van der Waals surface area (Å²) in [6.45, 7) is 3.83. The molecule has 0 aliphatic carbocycles. The van der Waals surface area contributed by atoms with Gasteiger partial charge in [-0.2, -0.15) is 0 Å². The first-order chi connectivity index (χ1) is 19.0. The van der Waals surface area contributed by atoms with Crippen molar-refractivity contribution in [3.05, 3.63) is 89.0 Å². The molecule has 0 bridgehead atoms. The number of hydrogen-bond acceptors (Lipinski definition) is 6. The first-order valence-electron chi connectivity index (χ1n) is 13.0. The van der Waals surface area contributed by atoms with Crippen molar-refractivity contribution in [2.75, 3.05) is 49.6 Å². The van der Waals surface area contributed by atoms with E-state index in [-0.39, 0.29) is 17.4 Å². The lowest BCUT2D eigenvalue weighted by Gasteiger charge is -2.28. The molecule has 0 radical (unpaired) electrons. The second-order valence-corrected chi connectivity index (χ2v) is 9.89. The van der Waals surface area contributed by atoms with E-state index in [0.717, 1.165) is 36.3 Å². The SMILES string of the molecule is O=C(O)c1ccc2c(c1)NC(=O)C2C(=Nc1ccc2c(c1)CCN2C(=O)CN1CCOCC1)c1ccccc1. The van der Waals surface area contributed by atoms with E-state index in [9.17, 15) is 19.5 Å². The van der Waals surface area contributed by atoms with Crippen LogP contribution < -0.4 is 10.2 Å². The number of anilines is 2. The summed E-state index contributed by atoms with van der Waals surface area (Å²) in [5.74, 6) is -1.92. The highest BCUT2D eigenvalue weighted by Crippen LogP contribution is 2.38. The highest BCUT2D eigenvalue weighted by atomic mass is 16.5. The van der Waals surface area contributed by atoms with Gasteiger partial charge in [-0.15, -0.1) is 0 Å². The van der Waals surface area contributed by atoms with E-state index in [4.69, 9.17) is 9.73 Å². The number of carboxylic acid groups (broad SMARTS) is 1. The molecule has 3 aliphatic rings. The molecule has 2 N–H and O–H groups in total. The summed E-state index contributed by atoms with van der Waals surface area (Å²) in [6, 6.07) is 20.0. The van der Waals surface area contributed by atoms with Crippen molar-refractivity contribution in [2.24, 2.45) is 4.99 Å². The van der Waals surface area contributed by atoms with Crippen molar-refractivity contribution in [2.45, 2.75) is 12.3 Å². The van der Waals surface area contributed by atoms with Gasteiger partial charge in [-0.1, -0.05) is 36.4 Å². The molecular weight excluding hydrogens is 496 g/mol. The Balaban J connectivity index is 1.32. The van der Waals surface area contributed by atoms with Crippen molar-refractivity contribution in [3.63, 3.8) is 0 Å². The first-order valence-corrected chi connectivity index (χ1v) is 13.0. The number of amides is 2. The molecule has 3 aromatic rings. The third kappa shape index (κ3) is 4.94. The van der Waals surface area contributed by atoms with E-state index in [1.54, 1.807) is 6.07 Å². The summed E-state index contributed by atoms with van der Waals surface area (Å²) >= 11 is 0. The number of aromatic carboxylic acids is 1. The van der Waals surface area contributed by atoms with Crippen LogP contribution in [-0.4, -0.2) is 72.9 Å². The van der Waals surface area contributed by atoms with Crippen molar-refractivity contribution >= 4 is 40.6 Å². The van der Waals surface area contributed by atoms with Gasteiger partial charge in [0.25, 0.3) is 0 Å². The lowest BCUT2D eigenvalue weighted by atomic mass is 9.90. The maximum absolute atomic E-state index is 13.2.